The number of likely N-dealkylation sites (tertiary alicyclic amines) is 1. The molecule has 1 aliphatic rings. The van der Waals surface area contributed by atoms with Gasteiger partial charge in [-0.15, -0.1) is 0 Å². The molecule has 0 bridgehead atoms. The van der Waals surface area contributed by atoms with Crippen LogP contribution in [0.1, 0.15) is 24.3 Å². The summed E-state index contributed by atoms with van der Waals surface area (Å²) in [5, 5.41) is 9.43. The van der Waals surface area contributed by atoms with Gasteiger partial charge in [-0.3, -0.25) is 4.90 Å². The molecule has 0 radical (unpaired) electrons. The van der Waals surface area contributed by atoms with Gasteiger partial charge in [0, 0.05) is 32.8 Å². The fourth-order valence-corrected chi connectivity index (χ4v) is 2.90. The zero-order chi connectivity index (χ0) is 14.4. The molecule has 2 N–H and O–H groups in total. The molecule has 1 saturated heterocycles. The van der Waals surface area contributed by atoms with Crippen molar-refractivity contribution < 1.29 is 4.74 Å². The minimum atomic E-state index is -0.0932. The van der Waals surface area contributed by atoms with Crippen LogP contribution in [0.4, 0.5) is 0 Å². The largest absolute Gasteiger partial charge is 0.381 e. The van der Waals surface area contributed by atoms with E-state index in [1.807, 2.05) is 30.3 Å². The standard InChI is InChI=1S/C16H23N3O/c1-20-16-7-8-19(15(9-16)11-18)12-14(10-17)13-5-3-2-4-6-13/h2-6,14-16H,7-9,11-12,18H2,1H3. The SMILES string of the molecule is COC1CCN(CC(C#N)c2ccccc2)C(CN)C1. The Morgan fingerprint density at radius 2 is 2.20 bits per heavy atom. The summed E-state index contributed by atoms with van der Waals surface area (Å²) in [6, 6.07) is 12.7. The molecule has 108 valence electrons. The molecule has 0 aromatic heterocycles. The third-order valence-corrected chi connectivity index (χ3v) is 4.17. The van der Waals surface area contributed by atoms with Gasteiger partial charge in [0.2, 0.25) is 0 Å². The van der Waals surface area contributed by atoms with Crippen LogP contribution in [0.2, 0.25) is 0 Å². The van der Waals surface area contributed by atoms with E-state index in [4.69, 9.17) is 10.5 Å². The molecule has 2 rings (SSSR count). The van der Waals surface area contributed by atoms with Crippen LogP contribution in [0, 0.1) is 11.3 Å². The van der Waals surface area contributed by atoms with Gasteiger partial charge in [0.1, 0.15) is 0 Å². The van der Waals surface area contributed by atoms with Gasteiger partial charge in [0.05, 0.1) is 18.1 Å². The van der Waals surface area contributed by atoms with Crippen molar-refractivity contribution in [3.63, 3.8) is 0 Å². The summed E-state index contributed by atoms with van der Waals surface area (Å²) in [6.45, 7) is 2.32. The van der Waals surface area contributed by atoms with Crippen molar-refractivity contribution >= 4 is 0 Å². The summed E-state index contributed by atoms with van der Waals surface area (Å²) in [7, 11) is 1.76. The van der Waals surface area contributed by atoms with Gasteiger partial charge in [0.25, 0.3) is 0 Å². The first kappa shape index (κ1) is 15.0. The molecule has 0 aliphatic carbocycles. The third-order valence-electron chi connectivity index (χ3n) is 4.17. The highest BCUT2D eigenvalue weighted by atomic mass is 16.5. The Morgan fingerprint density at radius 1 is 1.45 bits per heavy atom. The average Bonchev–Trinajstić information content (AvgIpc) is 2.53. The Balaban J connectivity index is 2.02. The molecule has 20 heavy (non-hydrogen) atoms. The first-order valence-electron chi connectivity index (χ1n) is 7.20. The molecule has 1 aromatic carbocycles. The van der Waals surface area contributed by atoms with Crippen LogP contribution in [-0.4, -0.2) is 43.8 Å². The lowest BCUT2D eigenvalue weighted by Crippen LogP contribution is -2.49. The van der Waals surface area contributed by atoms with Gasteiger partial charge in [-0.1, -0.05) is 30.3 Å². The van der Waals surface area contributed by atoms with Crippen LogP contribution in [0.5, 0.6) is 0 Å². The summed E-state index contributed by atoms with van der Waals surface area (Å²) < 4.78 is 5.44. The van der Waals surface area contributed by atoms with Crippen LogP contribution < -0.4 is 5.73 Å². The molecule has 1 aliphatic heterocycles. The van der Waals surface area contributed by atoms with Crippen LogP contribution >= 0.6 is 0 Å². The van der Waals surface area contributed by atoms with Crippen molar-refractivity contribution in [3.05, 3.63) is 35.9 Å². The first-order chi connectivity index (χ1) is 9.78. The van der Waals surface area contributed by atoms with E-state index in [1.165, 1.54) is 0 Å². The Labute approximate surface area is 121 Å². The number of piperidine rings is 1. The maximum atomic E-state index is 9.43. The Kier molecular flexibility index (Phi) is 5.54. The fraction of sp³-hybridized carbons (Fsp3) is 0.562. The van der Waals surface area contributed by atoms with Crippen molar-refractivity contribution in [1.82, 2.24) is 4.90 Å². The van der Waals surface area contributed by atoms with Gasteiger partial charge in [-0.2, -0.15) is 5.26 Å². The highest BCUT2D eigenvalue weighted by Gasteiger charge is 2.29. The molecule has 4 nitrogen and oxygen atoms in total. The zero-order valence-corrected chi connectivity index (χ0v) is 12.0. The monoisotopic (exact) mass is 273 g/mol. The van der Waals surface area contributed by atoms with Crippen molar-refractivity contribution in [2.24, 2.45) is 5.73 Å². The van der Waals surface area contributed by atoms with Gasteiger partial charge < -0.3 is 10.5 Å². The summed E-state index contributed by atoms with van der Waals surface area (Å²) in [6.07, 6.45) is 2.27. The van der Waals surface area contributed by atoms with Crippen molar-refractivity contribution in [1.29, 1.82) is 5.26 Å². The third kappa shape index (κ3) is 3.57. The maximum absolute atomic E-state index is 9.43. The Bertz CT molecular complexity index is 443. The van der Waals surface area contributed by atoms with Gasteiger partial charge in [-0.25, -0.2) is 0 Å². The van der Waals surface area contributed by atoms with E-state index < -0.39 is 0 Å². The minimum Gasteiger partial charge on any atom is -0.381 e. The molecule has 4 heteroatoms. The number of hydrogen-bond acceptors (Lipinski definition) is 4. The quantitative estimate of drug-likeness (QED) is 0.887. The second kappa shape index (κ2) is 7.39. The topological polar surface area (TPSA) is 62.3 Å². The van der Waals surface area contributed by atoms with Crippen molar-refractivity contribution in [3.8, 4) is 6.07 Å². The van der Waals surface area contributed by atoms with Gasteiger partial charge in [0.15, 0.2) is 0 Å². The number of nitriles is 1. The molecule has 1 heterocycles. The van der Waals surface area contributed by atoms with Gasteiger partial charge in [-0.05, 0) is 18.4 Å². The van der Waals surface area contributed by atoms with E-state index in [0.29, 0.717) is 18.7 Å². The molecule has 0 saturated carbocycles. The van der Waals surface area contributed by atoms with Crippen LogP contribution in [0.15, 0.2) is 30.3 Å². The van der Waals surface area contributed by atoms with Gasteiger partial charge >= 0.3 is 0 Å². The molecule has 1 aromatic rings. The zero-order valence-electron chi connectivity index (χ0n) is 12.0. The normalized spacial score (nSPS) is 25.1. The molecular weight excluding hydrogens is 250 g/mol. The number of methoxy groups -OCH3 is 1. The number of ether oxygens (including phenoxy) is 1. The number of rotatable bonds is 5. The van der Waals surface area contributed by atoms with Crippen molar-refractivity contribution in [2.45, 2.75) is 30.9 Å². The van der Waals surface area contributed by atoms with E-state index in [-0.39, 0.29) is 5.92 Å². The van der Waals surface area contributed by atoms with E-state index in [1.54, 1.807) is 7.11 Å². The Morgan fingerprint density at radius 3 is 2.80 bits per heavy atom. The number of hydrogen-bond donors (Lipinski definition) is 1. The van der Waals surface area contributed by atoms with Crippen LogP contribution in [0.3, 0.4) is 0 Å². The smallest absolute Gasteiger partial charge is 0.0839 e. The summed E-state index contributed by atoms with van der Waals surface area (Å²) in [4.78, 5) is 2.34. The molecule has 3 atom stereocenters. The predicted molar refractivity (Wildman–Crippen MR) is 79.2 cm³/mol. The first-order valence-corrected chi connectivity index (χ1v) is 7.20. The second-order valence-electron chi connectivity index (χ2n) is 5.36. The number of benzene rings is 1. The van der Waals surface area contributed by atoms with Crippen LogP contribution in [-0.2, 0) is 4.74 Å². The second-order valence-corrected chi connectivity index (χ2v) is 5.36. The lowest BCUT2D eigenvalue weighted by atomic mass is 9.95. The number of nitrogens with two attached hydrogens (primary N) is 1. The Hall–Kier alpha value is -1.41. The lowest BCUT2D eigenvalue weighted by molar-refractivity contribution is 0.0127. The van der Waals surface area contributed by atoms with E-state index in [9.17, 15) is 5.26 Å². The molecular formula is C16H23N3O. The molecule has 1 fully saturated rings. The highest BCUT2D eigenvalue weighted by molar-refractivity contribution is 5.25. The van der Waals surface area contributed by atoms with Crippen molar-refractivity contribution in [2.75, 3.05) is 26.7 Å². The molecule has 3 unspecified atom stereocenters. The lowest BCUT2D eigenvalue weighted by Gasteiger charge is -2.39. The minimum absolute atomic E-state index is 0.0932. The highest BCUT2D eigenvalue weighted by Crippen LogP contribution is 2.23. The maximum Gasteiger partial charge on any atom is 0.0839 e. The summed E-state index contributed by atoms with van der Waals surface area (Å²) in [5.41, 5.74) is 6.97. The fourth-order valence-electron chi connectivity index (χ4n) is 2.90. The van der Waals surface area contributed by atoms with E-state index in [0.717, 1.165) is 31.5 Å². The predicted octanol–water partition coefficient (Wildman–Crippen LogP) is 1.73. The van der Waals surface area contributed by atoms with Crippen LogP contribution in [0.25, 0.3) is 0 Å². The van der Waals surface area contributed by atoms with E-state index >= 15 is 0 Å². The molecule has 0 amide bonds. The van der Waals surface area contributed by atoms with E-state index in [2.05, 4.69) is 11.0 Å². The summed E-state index contributed by atoms with van der Waals surface area (Å²) >= 11 is 0. The average molecular weight is 273 g/mol. The number of nitrogens with zero attached hydrogens (tertiary/aromatic N) is 2. The molecule has 0 spiro atoms. The summed E-state index contributed by atoms with van der Waals surface area (Å²) in [5.74, 6) is -0.0932.